The second-order valence-corrected chi connectivity index (χ2v) is 4.98. The molecule has 0 amide bonds. The van der Waals surface area contributed by atoms with Crippen LogP contribution in [0.2, 0.25) is 0 Å². The van der Waals surface area contributed by atoms with Crippen molar-refractivity contribution >= 4 is 0 Å². The maximum atomic E-state index is 13.7. The minimum absolute atomic E-state index is 0.0437. The van der Waals surface area contributed by atoms with Crippen molar-refractivity contribution in [3.8, 4) is 0 Å². The Labute approximate surface area is 88.3 Å². The van der Waals surface area contributed by atoms with E-state index in [4.69, 9.17) is 5.73 Å². The Kier molecular flexibility index (Phi) is 7.16. The zero-order valence-electron chi connectivity index (χ0n) is 10.1. The molecule has 2 heteroatoms. The van der Waals surface area contributed by atoms with Gasteiger partial charge in [0.05, 0.1) is 0 Å². The maximum absolute atomic E-state index is 13.7. The number of hydrogen-bond donors (Lipinski definition) is 1. The Morgan fingerprint density at radius 1 is 1.07 bits per heavy atom. The quantitative estimate of drug-likeness (QED) is 0.674. The molecule has 0 bridgehead atoms. The van der Waals surface area contributed by atoms with E-state index >= 15 is 0 Å². The monoisotopic (exact) mass is 203 g/mol. The van der Waals surface area contributed by atoms with Crippen LogP contribution in [0.4, 0.5) is 4.39 Å². The molecule has 0 rings (SSSR count). The lowest BCUT2D eigenvalue weighted by molar-refractivity contribution is 0.170. The Hall–Kier alpha value is -0.110. The number of rotatable bonds is 7. The molecule has 86 valence electrons. The van der Waals surface area contributed by atoms with Crippen LogP contribution < -0.4 is 5.73 Å². The number of halogens is 1. The summed E-state index contributed by atoms with van der Waals surface area (Å²) in [6.07, 6.45) is 2.08. The predicted molar refractivity (Wildman–Crippen MR) is 61.0 cm³/mol. The number of nitrogens with two attached hydrogens (primary N) is 1. The molecule has 0 aromatic carbocycles. The van der Waals surface area contributed by atoms with Gasteiger partial charge in [-0.2, -0.15) is 0 Å². The van der Waals surface area contributed by atoms with Gasteiger partial charge in [0.15, 0.2) is 0 Å². The van der Waals surface area contributed by atoms with Gasteiger partial charge in [-0.05, 0) is 24.8 Å². The molecule has 0 aromatic heterocycles. The van der Waals surface area contributed by atoms with Crippen molar-refractivity contribution < 1.29 is 4.39 Å². The first-order valence-electron chi connectivity index (χ1n) is 5.83. The fourth-order valence-corrected chi connectivity index (χ4v) is 1.77. The highest BCUT2D eigenvalue weighted by atomic mass is 19.1. The smallest absolute Gasteiger partial charge is 0.104 e. The molecule has 0 aromatic rings. The fourth-order valence-electron chi connectivity index (χ4n) is 1.77. The van der Waals surface area contributed by atoms with Crippen LogP contribution in [-0.2, 0) is 0 Å². The van der Waals surface area contributed by atoms with Gasteiger partial charge in [0.25, 0.3) is 0 Å². The highest BCUT2D eigenvalue weighted by molar-refractivity contribution is 4.73. The normalized spacial score (nSPS) is 16.3. The van der Waals surface area contributed by atoms with Crippen LogP contribution >= 0.6 is 0 Å². The third kappa shape index (κ3) is 5.58. The summed E-state index contributed by atoms with van der Waals surface area (Å²) in [6.45, 7) is 8.92. The van der Waals surface area contributed by atoms with Crippen molar-refractivity contribution in [2.75, 3.05) is 6.54 Å². The molecule has 0 saturated heterocycles. The summed E-state index contributed by atoms with van der Waals surface area (Å²) >= 11 is 0. The molecular formula is C12H26FN. The zero-order chi connectivity index (χ0) is 11.1. The van der Waals surface area contributed by atoms with Crippen LogP contribution in [0.15, 0.2) is 0 Å². The summed E-state index contributed by atoms with van der Waals surface area (Å²) in [7, 11) is 0. The summed E-state index contributed by atoms with van der Waals surface area (Å²) in [5.41, 5.74) is 5.57. The lowest BCUT2D eigenvalue weighted by Gasteiger charge is -2.23. The van der Waals surface area contributed by atoms with E-state index in [1.54, 1.807) is 0 Å². The van der Waals surface area contributed by atoms with E-state index in [1.165, 1.54) is 0 Å². The Balaban J connectivity index is 3.75. The Morgan fingerprint density at radius 2 is 1.64 bits per heavy atom. The first-order valence-corrected chi connectivity index (χ1v) is 5.83. The van der Waals surface area contributed by atoms with Gasteiger partial charge in [-0.25, -0.2) is 4.39 Å². The van der Waals surface area contributed by atoms with Crippen molar-refractivity contribution in [3.05, 3.63) is 0 Å². The van der Waals surface area contributed by atoms with Gasteiger partial charge >= 0.3 is 0 Å². The summed E-state index contributed by atoms with van der Waals surface area (Å²) < 4.78 is 13.7. The van der Waals surface area contributed by atoms with E-state index in [0.29, 0.717) is 24.8 Å². The molecule has 0 fully saturated rings. The van der Waals surface area contributed by atoms with E-state index in [2.05, 4.69) is 13.8 Å². The summed E-state index contributed by atoms with van der Waals surface area (Å²) in [4.78, 5) is 0. The molecule has 0 radical (unpaired) electrons. The molecule has 0 aliphatic carbocycles. The molecule has 2 atom stereocenters. The minimum atomic E-state index is -0.709. The number of hydrogen-bond acceptors (Lipinski definition) is 1. The molecule has 2 N–H and O–H groups in total. The van der Waals surface area contributed by atoms with E-state index in [-0.39, 0.29) is 5.92 Å². The van der Waals surface area contributed by atoms with Gasteiger partial charge in [0, 0.05) is 5.92 Å². The van der Waals surface area contributed by atoms with Crippen molar-refractivity contribution in [3.63, 3.8) is 0 Å². The number of alkyl halides is 1. The summed E-state index contributed by atoms with van der Waals surface area (Å²) in [5.74, 6) is 1.08. The van der Waals surface area contributed by atoms with Gasteiger partial charge < -0.3 is 5.73 Å². The lowest BCUT2D eigenvalue weighted by atomic mass is 9.88. The van der Waals surface area contributed by atoms with Crippen LogP contribution in [-0.4, -0.2) is 12.7 Å². The second-order valence-electron chi connectivity index (χ2n) is 4.98. The van der Waals surface area contributed by atoms with Crippen LogP contribution in [0.3, 0.4) is 0 Å². The van der Waals surface area contributed by atoms with Gasteiger partial charge in [0.2, 0.25) is 0 Å². The highest BCUT2D eigenvalue weighted by Crippen LogP contribution is 2.22. The molecule has 0 heterocycles. The Bertz CT molecular complexity index is 134. The first kappa shape index (κ1) is 13.9. The standard InChI is InChI=1S/C12H26FN/c1-9(2)6-5-7-12(13)11(8-14)10(3)4/h9-12H,5-8,14H2,1-4H3. The average molecular weight is 203 g/mol. The topological polar surface area (TPSA) is 26.0 Å². The molecule has 0 aliphatic rings. The van der Waals surface area contributed by atoms with Gasteiger partial charge in [0.1, 0.15) is 6.17 Å². The van der Waals surface area contributed by atoms with E-state index in [1.807, 2.05) is 13.8 Å². The predicted octanol–water partition coefficient (Wildman–Crippen LogP) is 3.38. The summed E-state index contributed by atoms with van der Waals surface area (Å²) in [6, 6.07) is 0. The van der Waals surface area contributed by atoms with Crippen molar-refractivity contribution in [1.82, 2.24) is 0 Å². The Morgan fingerprint density at radius 3 is 2.00 bits per heavy atom. The van der Waals surface area contributed by atoms with Crippen molar-refractivity contribution in [2.45, 2.75) is 53.1 Å². The average Bonchev–Trinajstić information content (AvgIpc) is 2.03. The van der Waals surface area contributed by atoms with Gasteiger partial charge in [-0.1, -0.05) is 40.5 Å². The zero-order valence-corrected chi connectivity index (χ0v) is 10.1. The second kappa shape index (κ2) is 7.22. The van der Waals surface area contributed by atoms with E-state index in [9.17, 15) is 4.39 Å². The van der Waals surface area contributed by atoms with Gasteiger partial charge in [-0.3, -0.25) is 0 Å². The van der Waals surface area contributed by atoms with Gasteiger partial charge in [-0.15, -0.1) is 0 Å². The molecule has 2 unspecified atom stereocenters. The largest absolute Gasteiger partial charge is 0.330 e. The fraction of sp³-hybridized carbons (Fsp3) is 1.00. The minimum Gasteiger partial charge on any atom is -0.330 e. The first-order chi connectivity index (χ1) is 6.49. The maximum Gasteiger partial charge on any atom is 0.104 e. The van der Waals surface area contributed by atoms with Crippen LogP contribution in [0.25, 0.3) is 0 Å². The lowest BCUT2D eigenvalue weighted by Crippen LogP contribution is -2.29. The third-order valence-electron chi connectivity index (χ3n) is 2.85. The molecule has 0 spiro atoms. The van der Waals surface area contributed by atoms with Crippen LogP contribution in [0.1, 0.15) is 47.0 Å². The molecule has 1 nitrogen and oxygen atoms in total. The third-order valence-corrected chi connectivity index (χ3v) is 2.85. The molecular weight excluding hydrogens is 177 g/mol. The molecule has 0 aliphatic heterocycles. The summed E-state index contributed by atoms with van der Waals surface area (Å²) in [5, 5.41) is 0. The molecule has 0 saturated carbocycles. The highest BCUT2D eigenvalue weighted by Gasteiger charge is 2.22. The SMILES string of the molecule is CC(C)CCCC(F)C(CN)C(C)C. The van der Waals surface area contributed by atoms with E-state index in [0.717, 1.165) is 12.8 Å². The van der Waals surface area contributed by atoms with E-state index < -0.39 is 6.17 Å². The molecule has 14 heavy (non-hydrogen) atoms. The van der Waals surface area contributed by atoms with Crippen molar-refractivity contribution in [1.29, 1.82) is 0 Å². The van der Waals surface area contributed by atoms with Crippen molar-refractivity contribution in [2.24, 2.45) is 23.5 Å². The van der Waals surface area contributed by atoms with Crippen LogP contribution in [0, 0.1) is 17.8 Å². The van der Waals surface area contributed by atoms with Crippen LogP contribution in [0.5, 0.6) is 0 Å².